The highest BCUT2D eigenvalue weighted by Gasteiger charge is 2.34. The van der Waals surface area contributed by atoms with E-state index in [4.69, 9.17) is 4.74 Å². The molecule has 0 saturated carbocycles. The van der Waals surface area contributed by atoms with E-state index in [0.29, 0.717) is 24.0 Å². The Bertz CT molecular complexity index is 599. The van der Waals surface area contributed by atoms with Crippen molar-refractivity contribution in [1.82, 2.24) is 10.0 Å². The monoisotopic (exact) mass is 362 g/mol. The van der Waals surface area contributed by atoms with Crippen LogP contribution in [0.4, 0.5) is 0 Å². The van der Waals surface area contributed by atoms with E-state index in [9.17, 15) is 8.42 Å². The zero-order valence-electron chi connectivity index (χ0n) is 14.0. The molecule has 132 valence electrons. The Labute approximate surface area is 145 Å². The second-order valence-electron chi connectivity index (χ2n) is 6.30. The summed E-state index contributed by atoms with van der Waals surface area (Å²) >= 11 is 0. The Morgan fingerprint density at radius 2 is 2.13 bits per heavy atom. The Balaban J connectivity index is 0.00000264. The predicted molar refractivity (Wildman–Crippen MR) is 94.8 cm³/mol. The van der Waals surface area contributed by atoms with Crippen LogP contribution in [0.3, 0.4) is 0 Å². The molecule has 23 heavy (non-hydrogen) atoms. The molecule has 2 rings (SSSR count). The van der Waals surface area contributed by atoms with E-state index in [1.807, 2.05) is 6.07 Å². The minimum absolute atomic E-state index is 0. The first-order chi connectivity index (χ1) is 10.4. The molecule has 5 nitrogen and oxygen atoms in total. The molecule has 1 heterocycles. The summed E-state index contributed by atoms with van der Waals surface area (Å²) in [4.78, 5) is 0.323. The zero-order valence-corrected chi connectivity index (χ0v) is 15.6. The van der Waals surface area contributed by atoms with Gasteiger partial charge >= 0.3 is 0 Å². The molecule has 0 aliphatic carbocycles. The van der Waals surface area contributed by atoms with Crippen molar-refractivity contribution in [2.45, 2.75) is 43.0 Å². The van der Waals surface area contributed by atoms with Crippen LogP contribution in [0.1, 0.15) is 38.2 Å². The minimum atomic E-state index is -3.51. The number of methoxy groups -OCH3 is 1. The number of sulfonamides is 1. The molecule has 0 spiro atoms. The summed E-state index contributed by atoms with van der Waals surface area (Å²) in [5.74, 6) is 0.298. The Hall–Kier alpha value is -0.660. The first-order valence-electron chi connectivity index (χ1n) is 7.72. The molecule has 0 amide bonds. The van der Waals surface area contributed by atoms with Crippen LogP contribution in [-0.2, 0) is 14.8 Å². The molecule has 2 N–H and O–H groups in total. The summed E-state index contributed by atoms with van der Waals surface area (Å²) in [6.45, 7) is 5.84. The van der Waals surface area contributed by atoms with Crippen LogP contribution < -0.4 is 10.0 Å². The molecule has 1 saturated heterocycles. The molecular weight excluding hydrogens is 336 g/mol. The van der Waals surface area contributed by atoms with Crippen LogP contribution in [0.2, 0.25) is 0 Å². The quantitative estimate of drug-likeness (QED) is 0.780. The summed E-state index contributed by atoms with van der Waals surface area (Å²) in [5, 5.41) is 3.37. The van der Waals surface area contributed by atoms with Crippen LogP contribution in [-0.4, -0.2) is 40.8 Å². The second-order valence-corrected chi connectivity index (χ2v) is 8.06. The van der Waals surface area contributed by atoms with E-state index in [1.54, 1.807) is 25.3 Å². The lowest BCUT2D eigenvalue weighted by molar-refractivity contribution is 0.122. The summed E-state index contributed by atoms with van der Waals surface area (Å²) < 4.78 is 33.1. The van der Waals surface area contributed by atoms with E-state index in [1.165, 1.54) is 0 Å². The number of hydrogen-bond acceptors (Lipinski definition) is 4. The lowest BCUT2D eigenvalue weighted by Gasteiger charge is -2.28. The topological polar surface area (TPSA) is 67.4 Å². The Kier molecular flexibility index (Phi) is 7.48. The van der Waals surface area contributed by atoms with Gasteiger partial charge in [-0.05, 0) is 43.0 Å². The van der Waals surface area contributed by atoms with Gasteiger partial charge in [0.1, 0.15) is 0 Å². The van der Waals surface area contributed by atoms with E-state index in [0.717, 1.165) is 24.9 Å². The van der Waals surface area contributed by atoms with Crippen LogP contribution in [0.5, 0.6) is 0 Å². The largest absolute Gasteiger partial charge is 0.383 e. The average Bonchev–Trinajstić information content (AvgIpc) is 2.95. The number of ether oxygens (including phenoxy) is 1. The fourth-order valence-electron chi connectivity index (χ4n) is 2.83. The van der Waals surface area contributed by atoms with Gasteiger partial charge < -0.3 is 10.1 Å². The van der Waals surface area contributed by atoms with E-state index in [-0.39, 0.29) is 17.9 Å². The first-order valence-corrected chi connectivity index (χ1v) is 9.20. The van der Waals surface area contributed by atoms with Crippen molar-refractivity contribution >= 4 is 22.4 Å². The van der Waals surface area contributed by atoms with Gasteiger partial charge in [-0.3, -0.25) is 0 Å². The van der Waals surface area contributed by atoms with Crippen molar-refractivity contribution in [3.8, 4) is 0 Å². The highest BCUT2D eigenvalue weighted by Crippen LogP contribution is 2.21. The zero-order chi connectivity index (χ0) is 16.2. The molecule has 1 aromatic rings. The third kappa shape index (κ3) is 5.16. The average molecular weight is 363 g/mol. The molecule has 1 unspecified atom stereocenters. The minimum Gasteiger partial charge on any atom is -0.383 e. The number of halogens is 1. The van der Waals surface area contributed by atoms with Gasteiger partial charge in [0.25, 0.3) is 0 Å². The lowest BCUT2D eigenvalue weighted by Crippen LogP contribution is -2.52. The molecule has 0 radical (unpaired) electrons. The van der Waals surface area contributed by atoms with Gasteiger partial charge in [0.2, 0.25) is 10.0 Å². The van der Waals surface area contributed by atoms with E-state index >= 15 is 0 Å². The highest BCUT2D eigenvalue weighted by molar-refractivity contribution is 7.89. The van der Waals surface area contributed by atoms with Gasteiger partial charge in [0.05, 0.1) is 17.0 Å². The third-order valence-corrected chi connectivity index (χ3v) is 5.59. The number of benzene rings is 1. The summed E-state index contributed by atoms with van der Waals surface area (Å²) in [6.07, 6.45) is 1.95. The first kappa shape index (κ1) is 20.4. The molecular formula is C16H27ClN2O3S. The van der Waals surface area contributed by atoms with Crippen molar-refractivity contribution in [1.29, 1.82) is 0 Å². The van der Waals surface area contributed by atoms with Gasteiger partial charge in [-0.25, -0.2) is 13.1 Å². The van der Waals surface area contributed by atoms with Gasteiger partial charge in [0.15, 0.2) is 0 Å². The highest BCUT2D eigenvalue weighted by atomic mass is 35.5. The summed E-state index contributed by atoms with van der Waals surface area (Å²) in [7, 11) is -1.86. The van der Waals surface area contributed by atoms with Gasteiger partial charge in [-0.2, -0.15) is 0 Å². The van der Waals surface area contributed by atoms with E-state index < -0.39 is 10.0 Å². The SMILES string of the molecule is COCC1(CNS(=O)(=O)c2cccc(C(C)C)c2)CCCN1.Cl. The standard InChI is InChI=1S/C16H26N2O3S.ClH/c1-13(2)14-6-4-7-15(10-14)22(19,20)18-11-16(12-21-3)8-5-9-17-16;/h4,6-7,10,13,17-18H,5,8-9,11-12H2,1-3H3;1H. The maximum Gasteiger partial charge on any atom is 0.240 e. The fourth-order valence-corrected chi connectivity index (χ4v) is 4.01. The maximum atomic E-state index is 12.5. The van der Waals surface area contributed by atoms with Gasteiger partial charge in [-0.15, -0.1) is 12.4 Å². The van der Waals surface area contributed by atoms with Crippen LogP contribution in [0.15, 0.2) is 29.2 Å². The van der Waals surface area contributed by atoms with Crippen molar-refractivity contribution in [2.24, 2.45) is 0 Å². The number of nitrogens with one attached hydrogen (secondary N) is 2. The predicted octanol–water partition coefficient (Wildman–Crippen LogP) is 2.28. The molecule has 0 bridgehead atoms. The molecule has 1 aliphatic rings. The molecule has 1 aromatic carbocycles. The molecule has 1 aliphatic heterocycles. The molecule has 1 fully saturated rings. The number of rotatable bonds is 7. The molecule has 0 aromatic heterocycles. The van der Waals surface area contributed by atoms with Gasteiger partial charge in [-0.1, -0.05) is 26.0 Å². The smallest absolute Gasteiger partial charge is 0.240 e. The van der Waals surface area contributed by atoms with Crippen molar-refractivity contribution in [3.05, 3.63) is 29.8 Å². The Morgan fingerprint density at radius 1 is 1.39 bits per heavy atom. The number of hydrogen-bond donors (Lipinski definition) is 2. The van der Waals surface area contributed by atoms with Crippen molar-refractivity contribution < 1.29 is 13.2 Å². The lowest BCUT2D eigenvalue weighted by atomic mass is 9.99. The summed E-state index contributed by atoms with van der Waals surface area (Å²) in [6, 6.07) is 7.13. The molecule has 7 heteroatoms. The second kappa shape index (κ2) is 8.44. The fraction of sp³-hybridized carbons (Fsp3) is 0.625. The van der Waals surface area contributed by atoms with Crippen LogP contribution in [0.25, 0.3) is 0 Å². The van der Waals surface area contributed by atoms with Gasteiger partial charge in [0, 0.05) is 13.7 Å². The van der Waals surface area contributed by atoms with Crippen molar-refractivity contribution in [3.63, 3.8) is 0 Å². The Morgan fingerprint density at radius 3 is 2.70 bits per heavy atom. The van der Waals surface area contributed by atoms with E-state index in [2.05, 4.69) is 23.9 Å². The maximum absolute atomic E-state index is 12.5. The summed E-state index contributed by atoms with van der Waals surface area (Å²) in [5.41, 5.74) is 0.728. The van der Waals surface area contributed by atoms with Crippen molar-refractivity contribution in [2.75, 3.05) is 26.8 Å². The third-order valence-electron chi connectivity index (χ3n) is 4.19. The molecule has 1 atom stereocenters. The van der Waals surface area contributed by atoms with Crippen LogP contribution >= 0.6 is 12.4 Å². The van der Waals surface area contributed by atoms with Crippen LogP contribution in [0, 0.1) is 0 Å². The normalized spacial score (nSPS) is 21.4.